The van der Waals surface area contributed by atoms with Gasteiger partial charge in [0.15, 0.2) is 0 Å². The zero-order valence-corrected chi connectivity index (χ0v) is 12.7. The summed E-state index contributed by atoms with van der Waals surface area (Å²) < 4.78 is 5.76. The molecule has 2 atom stereocenters. The van der Waals surface area contributed by atoms with Crippen molar-refractivity contribution in [2.75, 3.05) is 13.2 Å². The second-order valence-corrected chi connectivity index (χ2v) is 6.58. The summed E-state index contributed by atoms with van der Waals surface area (Å²) in [6.07, 6.45) is 2.33. The number of para-hydroxylation sites is 1. The van der Waals surface area contributed by atoms with Crippen LogP contribution in [-0.4, -0.2) is 19.2 Å². The fourth-order valence-electron chi connectivity index (χ4n) is 2.93. The van der Waals surface area contributed by atoms with E-state index in [1.807, 2.05) is 0 Å². The molecule has 0 aromatic heterocycles. The highest BCUT2D eigenvalue weighted by Crippen LogP contribution is 2.38. The van der Waals surface area contributed by atoms with Crippen molar-refractivity contribution in [2.24, 2.45) is 5.41 Å². The second-order valence-electron chi connectivity index (χ2n) is 6.58. The number of nitrogens with one attached hydrogen (secondary N) is 1. The van der Waals surface area contributed by atoms with Crippen molar-refractivity contribution < 1.29 is 4.74 Å². The molecule has 1 aliphatic rings. The Bertz CT molecular complexity index is 408. The lowest BCUT2D eigenvalue weighted by molar-refractivity contribution is 0.212. The van der Waals surface area contributed by atoms with Gasteiger partial charge in [0.05, 0.1) is 6.61 Å². The molecule has 0 aliphatic carbocycles. The topological polar surface area (TPSA) is 21.3 Å². The zero-order chi connectivity index (χ0) is 13.9. The standard InChI is InChI=1S/C17H27NO/c1-5-18-16(17(2,3)4)12-13-10-11-19-15-9-7-6-8-14(13)15/h6-9,13,16,18H,5,10-12H2,1-4H3. The van der Waals surface area contributed by atoms with Crippen LogP contribution in [-0.2, 0) is 0 Å². The molecule has 1 aliphatic heterocycles. The number of fused-ring (bicyclic) bond motifs is 1. The highest BCUT2D eigenvalue weighted by Gasteiger charge is 2.30. The Balaban J connectivity index is 2.15. The molecule has 19 heavy (non-hydrogen) atoms. The van der Waals surface area contributed by atoms with Crippen molar-refractivity contribution in [3.63, 3.8) is 0 Å². The van der Waals surface area contributed by atoms with E-state index < -0.39 is 0 Å². The molecule has 0 spiro atoms. The van der Waals surface area contributed by atoms with Crippen LogP contribution in [0, 0.1) is 5.41 Å². The van der Waals surface area contributed by atoms with E-state index >= 15 is 0 Å². The van der Waals surface area contributed by atoms with Gasteiger partial charge in [-0.3, -0.25) is 0 Å². The van der Waals surface area contributed by atoms with Crippen LogP contribution in [0.5, 0.6) is 5.75 Å². The van der Waals surface area contributed by atoms with E-state index in [-0.39, 0.29) is 0 Å². The van der Waals surface area contributed by atoms with Gasteiger partial charge in [-0.1, -0.05) is 45.9 Å². The largest absolute Gasteiger partial charge is 0.493 e. The van der Waals surface area contributed by atoms with E-state index in [4.69, 9.17) is 4.74 Å². The van der Waals surface area contributed by atoms with Crippen molar-refractivity contribution in [3.8, 4) is 5.75 Å². The van der Waals surface area contributed by atoms with E-state index in [1.54, 1.807) is 0 Å². The predicted molar refractivity (Wildman–Crippen MR) is 80.8 cm³/mol. The third kappa shape index (κ3) is 3.50. The summed E-state index contributed by atoms with van der Waals surface area (Å²) in [5.41, 5.74) is 1.68. The van der Waals surface area contributed by atoms with Gasteiger partial charge in [0.2, 0.25) is 0 Å². The van der Waals surface area contributed by atoms with Gasteiger partial charge in [-0.2, -0.15) is 0 Å². The van der Waals surface area contributed by atoms with Crippen molar-refractivity contribution in [1.82, 2.24) is 5.32 Å². The van der Waals surface area contributed by atoms with Gasteiger partial charge in [-0.15, -0.1) is 0 Å². The van der Waals surface area contributed by atoms with Crippen molar-refractivity contribution >= 4 is 0 Å². The summed E-state index contributed by atoms with van der Waals surface area (Å²) >= 11 is 0. The van der Waals surface area contributed by atoms with E-state index in [1.165, 1.54) is 12.0 Å². The molecule has 0 bridgehead atoms. The molecule has 0 saturated heterocycles. The lowest BCUT2D eigenvalue weighted by Gasteiger charge is -2.36. The molecule has 0 amide bonds. The first-order chi connectivity index (χ1) is 9.02. The van der Waals surface area contributed by atoms with E-state index in [9.17, 15) is 0 Å². The molecule has 0 saturated carbocycles. The normalized spacial score (nSPS) is 20.5. The van der Waals surface area contributed by atoms with Crippen LogP contribution in [0.1, 0.15) is 52.0 Å². The maximum Gasteiger partial charge on any atom is 0.122 e. The first-order valence-corrected chi connectivity index (χ1v) is 7.47. The maximum absolute atomic E-state index is 5.76. The molecule has 1 N–H and O–H groups in total. The third-order valence-electron chi connectivity index (χ3n) is 4.10. The van der Waals surface area contributed by atoms with Crippen LogP contribution in [0.15, 0.2) is 24.3 Å². The molecule has 0 fully saturated rings. The van der Waals surface area contributed by atoms with Crippen molar-refractivity contribution in [2.45, 2.75) is 52.5 Å². The van der Waals surface area contributed by atoms with Crippen LogP contribution >= 0.6 is 0 Å². The third-order valence-corrected chi connectivity index (χ3v) is 4.10. The minimum absolute atomic E-state index is 0.295. The number of hydrogen-bond acceptors (Lipinski definition) is 2. The van der Waals surface area contributed by atoms with Gasteiger partial charge in [0.25, 0.3) is 0 Å². The molecule has 2 unspecified atom stereocenters. The van der Waals surface area contributed by atoms with Crippen molar-refractivity contribution in [1.29, 1.82) is 0 Å². The Hall–Kier alpha value is -1.02. The highest BCUT2D eigenvalue weighted by molar-refractivity contribution is 5.37. The summed E-state index contributed by atoms with van der Waals surface area (Å²) in [4.78, 5) is 0. The number of benzene rings is 1. The lowest BCUT2D eigenvalue weighted by Crippen LogP contribution is -2.41. The van der Waals surface area contributed by atoms with Gasteiger partial charge in [-0.25, -0.2) is 0 Å². The van der Waals surface area contributed by atoms with Gasteiger partial charge in [-0.05, 0) is 42.3 Å². The first-order valence-electron chi connectivity index (χ1n) is 7.47. The molecular weight excluding hydrogens is 234 g/mol. The fourth-order valence-corrected chi connectivity index (χ4v) is 2.93. The van der Waals surface area contributed by atoms with Gasteiger partial charge >= 0.3 is 0 Å². The van der Waals surface area contributed by atoms with E-state index in [2.05, 4.69) is 57.3 Å². The van der Waals surface area contributed by atoms with Gasteiger partial charge in [0.1, 0.15) is 5.75 Å². The molecule has 1 aromatic rings. The second kappa shape index (κ2) is 5.96. The summed E-state index contributed by atoms with van der Waals surface area (Å²) in [5, 5.41) is 3.66. The molecule has 0 radical (unpaired) electrons. The first kappa shape index (κ1) is 14.4. The molecular formula is C17H27NO. The van der Waals surface area contributed by atoms with Crippen LogP contribution < -0.4 is 10.1 Å². The van der Waals surface area contributed by atoms with Gasteiger partial charge < -0.3 is 10.1 Å². The van der Waals surface area contributed by atoms with Crippen LogP contribution in [0.4, 0.5) is 0 Å². The van der Waals surface area contributed by atoms with E-state index in [0.29, 0.717) is 17.4 Å². The molecule has 2 heteroatoms. The average molecular weight is 261 g/mol. The molecule has 1 aromatic carbocycles. The Morgan fingerprint density at radius 1 is 1.32 bits per heavy atom. The summed E-state index contributed by atoms with van der Waals surface area (Å²) in [5.74, 6) is 1.70. The number of rotatable bonds is 4. The van der Waals surface area contributed by atoms with Crippen LogP contribution in [0.3, 0.4) is 0 Å². The minimum atomic E-state index is 0.295. The fraction of sp³-hybridized carbons (Fsp3) is 0.647. The number of hydrogen-bond donors (Lipinski definition) is 1. The zero-order valence-electron chi connectivity index (χ0n) is 12.7. The Morgan fingerprint density at radius 2 is 2.05 bits per heavy atom. The molecule has 2 nitrogen and oxygen atoms in total. The smallest absolute Gasteiger partial charge is 0.122 e. The molecule has 1 heterocycles. The lowest BCUT2D eigenvalue weighted by atomic mass is 9.78. The summed E-state index contributed by atoms with van der Waals surface area (Å²) in [7, 11) is 0. The minimum Gasteiger partial charge on any atom is -0.493 e. The van der Waals surface area contributed by atoms with Gasteiger partial charge in [0, 0.05) is 6.04 Å². The molecule has 2 rings (SSSR count). The Morgan fingerprint density at radius 3 is 2.74 bits per heavy atom. The summed E-state index contributed by atoms with van der Waals surface area (Å²) in [6, 6.07) is 9.06. The highest BCUT2D eigenvalue weighted by atomic mass is 16.5. The van der Waals surface area contributed by atoms with Crippen molar-refractivity contribution in [3.05, 3.63) is 29.8 Å². The Kier molecular flexibility index (Phi) is 4.51. The van der Waals surface area contributed by atoms with Crippen LogP contribution in [0.2, 0.25) is 0 Å². The summed E-state index contributed by atoms with van der Waals surface area (Å²) in [6.45, 7) is 11.1. The number of ether oxygens (including phenoxy) is 1. The SMILES string of the molecule is CCNC(CC1CCOc2ccccc21)C(C)(C)C. The monoisotopic (exact) mass is 261 g/mol. The average Bonchev–Trinajstić information content (AvgIpc) is 2.37. The van der Waals surface area contributed by atoms with Crippen LogP contribution in [0.25, 0.3) is 0 Å². The van der Waals surface area contributed by atoms with E-state index in [0.717, 1.165) is 25.3 Å². The quantitative estimate of drug-likeness (QED) is 0.885. The maximum atomic E-state index is 5.76. The molecule has 106 valence electrons. The predicted octanol–water partition coefficient (Wildman–Crippen LogP) is 3.97. The Labute approximate surface area is 117 Å².